The third kappa shape index (κ3) is 4.20. The van der Waals surface area contributed by atoms with Gasteiger partial charge in [-0.3, -0.25) is 4.90 Å². The summed E-state index contributed by atoms with van der Waals surface area (Å²) in [7, 11) is 2.17. The number of likely N-dealkylation sites (N-methyl/N-ethyl adjacent to an activating group) is 1. The lowest BCUT2D eigenvalue weighted by Crippen LogP contribution is -2.51. The van der Waals surface area contributed by atoms with Crippen molar-refractivity contribution in [2.45, 2.75) is 19.0 Å². The minimum atomic E-state index is -0.220. The van der Waals surface area contributed by atoms with Crippen molar-refractivity contribution < 1.29 is 4.39 Å². The van der Waals surface area contributed by atoms with Crippen molar-refractivity contribution in [2.24, 2.45) is 0 Å². The van der Waals surface area contributed by atoms with Gasteiger partial charge < -0.3 is 15.2 Å². The molecule has 1 aromatic heterocycles. The largest absolute Gasteiger partial charge is 0.347 e. The highest BCUT2D eigenvalue weighted by Crippen LogP contribution is 2.19. The Bertz CT molecular complexity index is 605. The van der Waals surface area contributed by atoms with E-state index >= 15 is 0 Å². The molecule has 2 unspecified atom stereocenters. The number of halogens is 1. The first-order chi connectivity index (χ1) is 11.6. The lowest BCUT2D eigenvalue weighted by Gasteiger charge is -2.37. The third-order valence-electron chi connectivity index (χ3n) is 4.77. The van der Waals surface area contributed by atoms with Crippen molar-refractivity contribution in [1.29, 1.82) is 0 Å². The van der Waals surface area contributed by atoms with Gasteiger partial charge in [-0.1, -0.05) is 12.1 Å². The summed E-state index contributed by atoms with van der Waals surface area (Å²) < 4.78 is 13.2. The number of nitrogens with one attached hydrogen (secondary N) is 2. The van der Waals surface area contributed by atoms with Crippen LogP contribution in [0.15, 0.2) is 36.7 Å². The molecule has 0 spiro atoms. The second kappa shape index (κ2) is 7.88. The molecule has 2 aromatic rings. The quantitative estimate of drug-likeness (QED) is 0.848. The third-order valence-corrected chi connectivity index (χ3v) is 4.77. The minimum Gasteiger partial charge on any atom is -0.347 e. The van der Waals surface area contributed by atoms with Gasteiger partial charge in [-0.05, 0) is 31.7 Å². The van der Waals surface area contributed by atoms with Crippen LogP contribution in [0.25, 0.3) is 0 Å². The van der Waals surface area contributed by atoms with Crippen molar-refractivity contribution in [3.05, 3.63) is 53.9 Å². The first kappa shape index (κ1) is 17.1. The van der Waals surface area contributed by atoms with E-state index in [4.69, 9.17) is 0 Å². The van der Waals surface area contributed by atoms with Gasteiger partial charge in [0.15, 0.2) is 0 Å². The summed E-state index contributed by atoms with van der Waals surface area (Å²) in [6, 6.07) is 7.01. The van der Waals surface area contributed by atoms with Crippen molar-refractivity contribution >= 4 is 0 Å². The van der Waals surface area contributed by atoms with Crippen LogP contribution in [0.3, 0.4) is 0 Å². The Morgan fingerprint density at radius 1 is 1.21 bits per heavy atom. The standard InChI is InChI=1S/C18H26FN5/c1-14(24-11-9-23(2)10-12-24)13-22-17(18-20-7-8-21-18)15-3-5-16(19)6-4-15/h3-8,14,17,22H,9-13H2,1-2H3,(H,20,21). The predicted octanol–water partition coefficient (Wildman–Crippen LogP) is 1.86. The molecule has 24 heavy (non-hydrogen) atoms. The average Bonchev–Trinajstić information content (AvgIpc) is 3.11. The van der Waals surface area contributed by atoms with Crippen molar-refractivity contribution in [3.8, 4) is 0 Å². The van der Waals surface area contributed by atoms with Crippen LogP contribution in [0.1, 0.15) is 24.4 Å². The maximum atomic E-state index is 13.2. The minimum absolute atomic E-state index is 0.0597. The Hall–Kier alpha value is -1.76. The van der Waals surface area contributed by atoms with E-state index in [1.165, 1.54) is 12.1 Å². The molecule has 1 aromatic carbocycles. The van der Waals surface area contributed by atoms with Crippen LogP contribution < -0.4 is 5.32 Å². The van der Waals surface area contributed by atoms with Crippen molar-refractivity contribution in [1.82, 2.24) is 25.1 Å². The SMILES string of the molecule is CC(CNC(c1ccc(F)cc1)c1ncc[nH]1)N1CCN(C)CC1. The first-order valence-electron chi connectivity index (χ1n) is 8.54. The number of benzene rings is 1. The summed E-state index contributed by atoms with van der Waals surface area (Å²) >= 11 is 0. The second-order valence-corrected chi connectivity index (χ2v) is 6.56. The normalized spacial score (nSPS) is 19.3. The predicted molar refractivity (Wildman–Crippen MR) is 93.4 cm³/mol. The van der Waals surface area contributed by atoms with Crippen molar-refractivity contribution in [2.75, 3.05) is 39.8 Å². The number of nitrogens with zero attached hydrogens (tertiary/aromatic N) is 3. The molecular weight excluding hydrogens is 305 g/mol. The van der Waals surface area contributed by atoms with Crippen LogP contribution in [-0.2, 0) is 0 Å². The van der Waals surface area contributed by atoms with Gasteiger partial charge in [0.05, 0.1) is 6.04 Å². The van der Waals surface area contributed by atoms with Crippen LogP contribution >= 0.6 is 0 Å². The maximum Gasteiger partial charge on any atom is 0.127 e. The number of piperazine rings is 1. The molecule has 0 aliphatic carbocycles. The number of rotatable bonds is 6. The molecule has 0 saturated carbocycles. The number of imidazole rings is 1. The van der Waals surface area contributed by atoms with Gasteiger partial charge in [-0.15, -0.1) is 0 Å². The van der Waals surface area contributed by atoms with Crippen LogP contribution in [-0.4, -0.2) is 65.6 Å². The Kier molecular flexibility index (Phi) is 5.60. The molecule has 130 valence electrons. The van der Waals surface area contributed by atoms with Gasteiger partial charge in [0, 0.05) is 51.2 Å². The summed E-state index contributed by atoms with van der Waals surface area (Å²) in [5.41, 5.74) is 1.01. The zero-order valence-corrected chi connectivity index (χ0v) is 14.4. The number of hydrogen-bond acceptors (Lipinski definition) is 4. The molecule has 0 amide bonds. The highest BCUT2D eigenvalue weighted by atomic mass is 19.1. The molecule has 2 N–H and O–H groups in total. The highest BCUT2D eigenvalue weighted by molar-refractivity contribution is 5.25. The molecule has 2 heterocycles. The van der Waals surface area contributed by atoms with Gasteiger partial charge in [0.25, 0.3) is 0 Å². The van der Waals surface area contributed by atoms with Gasteiger partial charge in [-0.25, -0.2) is 9.37 Å². The maximum absolute atomic E-state index is 13.2. The van der Waals surface area contributed by atoms with E-state index in [0.29, 0.717) is 6.04 Å². The molecule has 1 aliphatic rings. The Labute approximate surface area is 142 Å². The van der Waals surface area contributed by atoms with E-state index < -0.39 is 0 Å². The highest BCUT2D eigenvalue weighted by Gasteiger charge is 2.22. The lowest BCUT2D eigenvalue weighted by atomic mass is 10.1. The van der Waals surface area contributed by atoms with E-state index in [2.05, 4.69) is 39.1 Å². The number of aromatic nitrogens is 2. The van der Waals surface area contributed by atoms with Crippen LogP contribution in [0.4, 0.5) is 4.39 Å². The molecule has 0 radical (unpaired) electrons. The molecular formula is C18H26FN5. The second-order valence-electron chi connectivity index (χ2n) is 6.56. The smallest absolute Gasteiger partial charge is 0.127 e. The topological polar surface area (TPSA) is 47.2 Å². The molecule has 2 atom stereocenters. The fraction of sp³-hybridized carbons (Fsp3) is 0.500. The summed E-state index contributed by atoms with van der Waals surface area (Å²) in [6.45, 7) is 7.53. The fourth-order valence-corrected chi connectivity index (χ4v) is 3.14. The zero-order valence-electron chi connectivity index (χ0n) is 14.4. The Balaban J connectivity index is 1.65. The van der Waals surface area contributed by atoms with Crippen molar-refractivity contribution in [3.63, 3.8) is 0 Å². The van der Waals surface area contributed by atoms with Gasteiger partial charge in [0.1, 0.15) is 11.6 Å². The van der Waals surface area contributed by atoms with Crippen LogP contribution in [0.5, 0.6) is 0 Å². The van der Waals surface area contributed by atoms with E-state index in [9.17, 15) is 4.39 Å². The summed E-state index contributed by atoms with van der Waals surface area (Å²) in [5, 5.41) is 3.59. The summed E-state index contributed by atoms with van der Waals surface area (Å²) in [4.78, 5) is 12.4. The molecule has 3 rings (SSSR count). The van der Waals surface area contributed by atoms with E-state index in [-0.39, 0.29) is 11.9 Å². The molecule has 1 aliphatic heterocycles. The van der Waals surface area contributed by atoms with E-state index in [0.717, 1.165) is 44.1 Å². The molecule has 6 heteroatoms. The van der Waals surface area contributed by atoms with Crippen LogP contribution in [0, 0.1) is 5.82 Å². The Morgan fingerprint density at radius 2 is 1.92 bits per heavy atom. The average molecular weight is 331 g/mol. The molecule has 1 saturated heterocycles. The van der Waals surface area contributed by atoms with Gasteiger partial charge >= 0.3 is 0 Å². The van der Waals surface area contributed by atoms with Gasteiger partial charge in [0.2, 0.25) is 0 Å². The summed E-state index contributed by atoms with van der Waals surface area (Å²) in [5.74, 6) is 0.634. The Morgan fingerprint density at radius 3 is 2.54 bits per heavy atom. The molecule has 0 bridgehead atoms. The van der Waals surface area contributed by atoms with Crippen LogP contribution in [0.2, 0.25) is 0 Å². The van der Waals surface area contributed by atoms with Gasteiger partial charge in [-0.2, -0.15) is 0 Å². The number of aromatic amines is 1. The first-order valence-corrected chi connectivity index (χ1v) is 8.54. The summed E-state index contributed by atoms with van der Waals surface area (Å²) in [6.07, 6.45) is 3.56. The lowest BCUT2D eigenvalue weighted by molar-refractivity contribution is 0.117. The number of H-pyrrole nitrogens is 1. The molecule has 1 fully saturated rings. The molecule has 5 nitrogen and oxygen atoms in total. The van der Waals surface area contributed by atoms with E-state index in [1.54, 1.807) is 6.20 Å². The fourth-order valence-electron chi connectivity index (χ4n) is 3.14. The number of hydrogen-bond donors (Lipinski definition) is 2. The van der Waals surface area contributed by atoms with E-state index in [1.807, 2.05) is 18.3 Å². The zero-order chi connectivity index (χ0) is 16.9. The monoisotopic (exact) mass is 331 g/mol.